The van der Waals surface area contributed by atoms with E-state index in [1.54, 1.807) is 11.8 Å². The third-order valence-corrected chi connectivity index (χ3v) is 5.48. The van der Waals surface area contributed by atoms with Gasteiger partial charge in [-0.25, -0.2) is 9.97 Å². The first kappa shape index (κ1) is 22.6. The Morgan fingerprint density at radius 1 is 1.23 bits per heavy atom. The molecule has 1 N–H and O–H groups in total. The molecule has 1 aliphatic heterocycles. The van der Waals surface area contributed by atoms with E-state index < -0.39 is 11.9 Å². The Balaban J connectivity index is 1.56. The molecular weight excluding hydrogens is 415 g/mol. The lowest BCUT2D eigenvalue weighted by Crippen LogP contribution is -2.28. The molecule has 0 spiro atoms. The van der Waals surface area contributed by atoms with Crippen molar-refractivity contribution in [1.29, 1.82) is 0 Å². The molecule has 3 rings (SSSR count). The zero-order valence-corrected chi connectivity index (χ0v) is 17.7. The molecule has 5 nitrogen and oxygen atoms in total. The van der Waals surface area contributed by atoms with Gasteiger partial charge in [-0.15, -0.1) is 11.8 Å². The lowest BCUT2D eigenvalue weighted by Gasteiger charge is -2.20. The van der Waals surface area contributed by atoms with Gasteiger partial charge in [-0.05, 0) is 17.7 Å². The van der Waals surface area contributed by atoms with Crippen LogP contribution in [0.1, 0.15) is 42.2 Å². The Morgan fingerprint density at radius 3 is 2.63 bits per heavy atom. The molecule has 1 amide bonds. The molecule has 2 aromatic rings. The first-order valence-corrected chi connectivity index (χ1v) is 10.7. The molecule has 0 bridgehead atoms. The molecule has 30 heavy (non-hydrogen) atoms. The highest BCUT2D eigenvalue weighted by Gasteiger charge is 2.38. The second kappa shape index (κ2) is 9.78. The fourth-order valence-electron chi connectivity index (χ4n) is 3.15. The molecule has 0 saturated heterocycles. The highest BCUT2D eigenvalue weighted by molar-refractivity contribution is 7.99. The number of aromatic nitrogens is 2. The predicted octanol–water partition coefficient (Wildman–Crippen LogP) is 3.97. The summed E-state index contributed by atoms with van der Waals surface area (Å²) in [7, 11) is 0. The van der Waals surface area contributed by atoms with Gasteiger partial charge in [-0.1, -0.05) is 26.0 Å². The lowest BCUT2D eigenvalue weighted by atomic mass is 10.1. The Kier molecular flexibility index (Phi) is 7.36. The van der Waals surface area contributed by atoms with Gasteiger partial charge < -0.3 is 10.1 Å². The number of hydrogen-bond donors (Lipinski definition) is 1. The third-order valence-electron chi connectivity index (χ3n) is 4.47. The van der Waals surface area contributed by atoms with Crippen LogP contribution in [0.5, 0.6) is 0 Å². The van der Waals surface area contributed by atoms with Crippen LogP contribution in [-0.4, -0.2) is 34.3 Å². The average molecular weight is 440 g/mol. The van der Waals surface area contributed by atoms with Gasteiger partial charge >= 0.3 is 6.18 Å². The first-order chi connectivity index (χ1) is 14.2. The van der Waals surface area contributed by atoms with Crippen LogP contribution in [0.15, 0.2) is 29.2 Å². The fraction of sp³-hybridized carbons (Fsp3) is 0.476. The summed E-state index contributed by atoms with van der Waals surface area (Å²) in [5.41, 5.74) is 0.336. The number of carbonyl (C=O) groups excluding carboxylic acids is 1. The van der Waals surface area contributed by atoms with Crippen molar-refractivity contribution in [3.63, 3.8) is 0 Å². The molecule has 1 aromatic heterocycles. The Labute approximate surface area is 177 Å². The van der Waals surface area contributed by atoms with E-state index in [9.17, 15) is 18.0 Å². The Hall–Kier alpha value is -2.13. The molecular formula is C21H24F3N3O2S. The summed E-state index contributed by atoms with van der Waals surface area (Å²) < 4.78 is 45.1. The standard InChI is InChI=1S/C21H24F3N3O2S/c1-13(2)30-15-5-3-14(4-6-15)11-19(28)25-9-7-18-26-17-8-10-29-12-16(17)20(27-18)21(22,23)24/h3-6,13H,7-12H2,1-2H3,(H,25,28). The minimum Gasteiger partial charge on any atom is -0.376 e. The number of thioether (sulfide) groups is 1. The molecule has 162 valence electrons. The van der Waals surface area contributed by atoms with E-state index in [1.165, 1.54) is 0 Å². The summed E-state index contributed by atoms with van der Waals surface area (Å²) in [5.74, 6) is -0.111. The van der Waals surface area contributed by atoms with E-state index in [0.29, 0.717) is 24.0 Å². The van der Waals surface area contributed by atoms with Crippen molar-refractivity contribution in [1.82, 2.24) is 15.3 Å². The quantitative estimate of drug-likeness (QED) is 0.662. The summed E-state index contributed by atoms with van der Waals surface area (Å²) in [6.45, 7) is 4.61. The van der Waals surface area contributed by atoms with Gasteiger partial charge in [0.05, 0.1) is 25.3 Å². The van der Waals surface area contributed by atoms with E-state index in [2.05, 4.69) is 29.1 Å². The number of carbonyl (C=O) groups is 1. The number of hydrogen-bond acceptors (Lipinski definition) is 5. The Bertz CT molecular complexity index is 886. The topological polar surface area (TPSA) is 64.1 Å². The summed E-state index contributed by atoms with van der Waals surface area (Å²) in [6.07, 6.45) is -3.90. The minimum absolute atomic E-state index is 0.0145. The predicted molar refractivity (Wildman–Crippen MR) is 108 cm³/mol. The largest absolute Gasteiger partial charge is 0.433 e. The van der Waals surface area contributed by atoms with Crippen LogP contribution in [-0.2, 0) is 41.6 Å². The lowest BCUT2D eigenvalue weighted by molar-refractivity contribution is -0.143. The van der Waals surface area contributed by atoms with Gasteiger partial charge in [0.25, 0.3) is 0 Å². The molecule has 1 aliphatic rings. The van der Waals surface area contributed by atoms with Gasteiger partial charge in [-0.2, -0.15) is 13.2 Å². The van der Waals surface area contributed by atoms with Crippen LogP contribution in [0.25, 0.3) is 0 Å². The minimum atomic E-state index is -4.56. The average Bonchev–Trinajstić information content (AvgIpc) is 2.68. The molecule has 9 heteroatoms. The van der Waals surface area contributed by atoms with Gasteiger partial charge in [-0.3, -0.25) is 4.79 Å². The smallest absolute Gasteiger partial charge is 0.376 e. The van der Waals surface area contributed by atoms with Crippen LogP contribution < -0.4 is 5.32 Å². The van der Waals surface area contributed by atoms with Crippen molar-refractivity contribution in [2.45, 2.75) is 56.0 Å². The molecule has 1 aromatic carbocycles. The second-order valence-corrected chi connectivity index (χ2v) is 8.95. The normalized spacial score (nSPS) is 13.9. The van der Waals surface area contributed by atoms with E-state index in [1.807, 2.05) is 24.3 Å². The van der Waals surface area contributed by atoms with Crippen LogP contribution >= 0.6 is 11.8 Å². The molecule has 0 saturated carbocycles. The highest BCUT2D eigenvalue weighted by Crippen LogP contribution is 2.33. The van der Waals surface area contributed by atoms with E-state index in [-0.39, 0.29) is 43.3 Å². The van der Waals surface area contributed by atoms with E-state index >= 15 is 0 Å². The maximum atomic E-state index is 13.3. The van der Waals surface area contributed by atoms with Crippen molar-refractivity contribution in [3.05, 3.63) is 52.6 Å². The molecule has 0 atom stereocenters. The number of ether oxygens (including phenoxy) is 1. The van der Waals surface area contributed by atoms with Gasteiger partial charge in [0.15, 0.2) is 5.69 Å². The molecule has 0 radical (unpaired) electrons. The van der Waals surface area contributed by atoms with Crippen molar-refractivity contribution >= 4 is 17.7 Å². The zero-order valence-electron chi connectivity index (χ0n) is 16.9. The fourth-order valence-corrected chi connectivity index (χ4v) is 3.99. The SMILES string of the molecule is CC(C)Sc1ccc(CC(=O)NCCc2nc3c(c(C(F)(F)F)n2)COCC3)cc1. The Morgan fingerprint density at radius 2 is 1.97 bits per heavy atom. The van der Waals surface area contributed by atoms with Gasteiger partial charge in [0.1, 0.15) is 5.82 Å². The van der Waals surface area contributed by atoms with Crippen LogP contribution in [0, 0.1) is 0 Å². The van der Waals surface area contributed by atoms with Crippen molar-refractivity contribution < 1.29 is 22.7 Å². The zero-order chi connectivity index (χ0) is 21.7. The summed E-state index contributed by atoms with van der Waals surface area (Å²) in [4.78, 5) is 21.3. The number of rotatable bonds is 7. The second-order valence-electron chi connectivity index (χ2n) is 7.30. The molecule has 2 heterocycles. The first-order valence-electron chi connectivity index (χ1n) is 9.78. The number of alkyl halides is 3. The van der Waals surface area contributed by atoms with E-state index in [4.69, 9.17) is 4.74 Å². The van der Waals surface area contributed by atoms with Crippen LogP contribution in [0.3, 0.4) is 0 Å². The van der Waals surface area contributed by atoms with Crippen molar-refractivity contribution in [2.24, 2.45) is 0 Å². The maximum Gasteiger partial charge on any atom is 0.433 e. The van der Waals surface area contributed by atoms with E-state index in [0.717, 1.165) is 10.5 Å². The number of fused-ring (bicyclic) bond motifs is 1. The van der Waals surface area contributed by atoms with Crippen LogP contribution in [0.2, 0.25) is 0 Å². The maximum absolute atomic E-state index is 13.3. The molecule has 0 fully saturated rings. The highest BCUT2D eigenvalue weighted by atomic mass is 32.2. The number of benzene rings is 1. The summed E-state index contributed by atoms with van der Waals surface area (Å²) >= 11 is 1.75. The van der Waals surface area contributed by atoms with Gasteiger partial charge in [0, 0.05) is 35.1 Å². The molecule has 0 unspecified atom stereocenters. The van der Waals surface area contributed by atoms with Gasteiger partial charge in [0.2, 0.25) is 5.91 Å². The number of halogens is 3. The van der Waals surface area contributed by atoms with Crippen LogP contribution in [0.4, 0.5) is 13.2 Å². The van der Waals surface area contributed by atoms with Crippen molar-refractivity contribution in [3.8, 4) is 0 Å². The third kappa shape index (κ3) is 6.18. The number of nitrogens with one attached hydrogen (secondary N) is 1. The number of amides is 1. The molecule has 0 aliphatic carbocycles. The monoisotopic (exact) mass is 439 g/mol. The summed E-state index contributed by atoms with van der Waals surface area (Å²) in [5, 5.41) is 3.22. The summed E-state index contributed by atoms with van der Waals surface area (Å²) in [6, 6.07) is 7.79. The number of nitrogens with zero attached hydrogens (tertiary/aromatic N) is 2. The van der Waals surface area contributed by atoms with Crippen molar-refractivity contribution in [2.75, 3.05) is 13.2 Å².